The average molecular weight is 399 g/mol. The molecule has 2 aromatic rings. The van der Waals surface area contributed by atoms with E-state index in [1.807, 2.05) is 31.2 Å². The Bertz CT molecular complexity index is 599. The molecule has 1 N–H and O–H groups in total. The van der Waals surface area contributed by atoms with Crippen LogP contribution in [-0.4, -0.2) is 12.0 Å². The van der Waals surface area contributed by atoms with Gasteiger partial charge in [0.2, 0.25) is 0 Å². The Morgan fingerprint density at radius 1 is 1.19 bits per heavy atom. The molecular weight excluding hydrogens is 384 g/mol. The smallest absolute Gasteiger partial charge is 0.265 e. The average Bonchev–Trinajstić information content (AvgIpc) is 2.49. The van der Waals surface area contributed by atoms with Gasteiger partial charge in [-0.15, -0.1) is 0 Å². The van der Waals surface area contributed by atoms with Crippen molar-refractivity contribution in [2.24, 2.45) is 0 Å². The van der Waals surface area contributed by atoms with Gasteiger partial charge in [-0.05, 0) is 77.5 Å². The van der Waals surface area contributed by atoms with E-state index in [4.69, 9.17) is 4.74 Å². The number of hydrogen-bond acceptors (Lipinski definition) is 2. The first kappa shape index (κ1) is 15.8. The van der Waals surface area contributed by atoms with Crippen molar-refractivity contribution in [1.82, 2.24) is 0 Å². The molecule has 2 rings (SSSR count). The topological polar surface area (TPSA) is 38.3 Å². The standard InChI is InChI=1S/C16H15FINO2/c1-2-15(21-14-9-3-11(17)4-10-14)16(20)19-13-7-5-12(18)6-8-13/h3-10,15H,2H2,1H3,(H,19,20). The summed E-state index contributed by atoms with van der Waals surface area (Å²) in [6, 6.07) is 13.1. The van der Waals surface area contributed by atoms with Gasteiger partial charge in [-0.3, -0.25) is 4.79 Å². The molecular formula is C16H15FINO2. The second kappa shape index (κ2) is 7.40. The van der Waals surface area contributed by atoms with Crippen LogP contribution in [0.15, 0.2) is 48.5 Å². The summed E-state index contributed by atoms with van der Waals surface area (Å²) < 4.78 is 19.5. The molecule has 0 saturated heterocycles. The summed E-state index contributed by atoms with van der Waals surface area (Å²) >= 11 is 2.20. The lowest BCUT2D eigenvalue weighted by molar-refractivity contribution is -0.122. The van der Waals surface area contributed by atoms with E-state index < -0.39 is 6.10 Å². The SMILES string of the molecule is CCC(Oc1ccc(F)cc1)C(=O)Nc1ccc(I)cc1. The lowest BCUT2D eigenvalue weighted by Gasteiger charge is -2.17. The second-order valence-electron chi connectivity index (χ2n) is 4.46. The van der Waals surface area contributed by atoms with Gasteiger partial charge in [-0.25, -0.2) is 4.39 Å². The Morgan fingerprint density at radius 2 is 1.81 bits per heavy atom. The third kappa shape index (κ3) is 4.70. The fraction of sp³-hybridized carbons (Fsp3) is 0.188. The highest BCUT2D eigenvalue weighted by Crippen LogP contribution is 2.16. The number of halogens is 2. The number of anilines is 1. The molecule has 0 bridgehead atoms. The number of carbonyl (C=O) groups is 1. The largest absolute Gasteiger partial charge is 0.481 e. The lowest BCUT2D eigenvalue weighted by atomic mass is 10.2. The highest BCUT2D eigenvalue weighted by Gasteiger charge is 2.18. The molecule has 0 saturated carbocycles. The summed E-state index contributed by atoms with van der Waals surface area (Å²) in [7, 11) is 0. The van der Waals surface area contributed by atoms with Crippen LogP contribution in [0.5, 0.6) is 5.75 Å². The van der Waals surface area contributed by atoms with E-state index in [2.05, 4.69) is 27.9 Å². The molecule has 21 heavy (non-hydrogen) atoms. The molecule has 0 spiro atoms. The van der Waals surface area contributed by atoms with E-state index in [1.54, 1.807) is 0 Å². The van der Waals surface area contributed by atoms with Crippen molar-refractivity contribution in [3.63, 3.8) is 0 Å². The maximum Gasteiger partial charge on any atom is 0.265 e. The zero-order chi connectivity index (χ0) is 15.2. The third-order valence-corrected chi connectivity index (χ3v) is 3.59. The second-order valence-corrected chi connectivity index (χ2v) is 5.71. The van der Waals surface area contributed by atoms with Crippen LogP contribution in [0.25, 0.3) is 0 Å². The first-order valence-corrected chi connectivity index (χ1v) is 7.65. The third-order valence-electron chi connectivity index (χ3n) is 2.87. The van der Waals surface area contributed by atoms with Crippen molar-refractivity contribution >= 4 is 34.2 Å². The molecule has 0 aliphatic rings. The van der Waals surface area contributed by atoms with E-state index in [1.165, 1.54) is 24.3 Å². The normalized spacial score (nSPS) is 11.8. The van der Waals surface area contributed by atoms with Gasteiger partial charge in [0, 0.05) is 9.26 Å². The van der Waals surface area contributed by atoms with Crippen molar-refractivity contribution in [2.75, 3.05) is 5.32 Å². The van der Waals surface area contributed by atoms with E-state index >= 15 is 0 Å². The van der Waals surface area contributed by atoms with Crippen LogP contribution in [0.4, 0.5) is 10.1 Å². The van der Waals surface area contributed by atoms with Gasteiger partial charge in [0.15, 0.2) is 6.10 Å². The molecule has 3 nitrogen and oxygen atoms in total. The van der Waals surface area contributed by atoms with Gasteiger partial charge in [0.05, 0.1) is 0 Å². The van der Waals surface area contributed by atoms with Gasteiger partial charge >= 0.3 is 0 Å². The lowest BCUT2D eigenvalue weighted by Crippen LogP contribution is -2.32. The van der Waals surface area contributed by atoms with E-state index in [-0.39, 0.29) is 11.7 Å². The Labute approximate surface area is 136 Å². The van der Waals surface area contributed by atoms with E-state index in [9.17, 15) is 9.18 Å². The first-order chi connectivity index (χ1) is 10.1. The summed E-state index contributed by atoms with van der Waals surface area (Å²) in [6.07, 6.45) is -0.0946. The van der Waals surface area contributed by atoms with Crippen LogP contribution >= 0.6 is 22.6 Å². The highest BCUT2D eigenvalue weighted by atomic mass is 127. The molecule has 1 atom stereocenters. The number of rotatable bonds is 5. The van der Waals surface area contributed by atoms with Gasteiger partial charge in [0.1, 0.15) is 11.6 Å². The summed E-state index contributed by atoms with van der Waals surface area (Å²) in [5, 5.41) is 2.81. The molecule has 1 unspecified atom stereocenters. The van der Waals surface area contributed by atoms with Crippen LogP contribution in [0.2, 0.25) is 0 Å². The number of carbonyl (C=O) groups excluding carboxylic acids is 1. The Hall–Kier alpha value is -1.63. The molecule has 0 aromatic heterocycles. The minimum absolute atomic E-state index is 0.219. The monoisotopic (exact) mass is 399 g/mol. The van der Waals surface area contributed by atoms with Crippen molar-refractivity contribution < 1.29 is 13.9 Å². The number of benzene rings is 2. The molecule has 0 fully saturated rings. The number of nitrogens with one attached hydrogen (secondary N) is 1. The molecule has 2 aromatic carbocycles. The molecule has 5 heteroatoms. The van der Waals surface area contributed by atoms with E-state index in [0.717, 1.165) is 9.26 Å². The predicted molar refractivity (Wildman–Crippen MR) is 88.9 cm³/mol. The van der Waals surface area contributed by atoms with E-state index in [0.29, 0.717) is 12.2 Å². The number of hydrogen-bond donors (Lipinski definition) is 1. The molecule has 0 radical (unpaired) electrons. The molecule has 0 aliphatic carbocycles. The molecule has 1 amide bonds. The van der Waals surface area contributed by atoms with Crippen molar-refractivity contribution in [3.8, 4) is 5.75 Å². The Balaban J connectivity index is 2.01. The van der Waals surface area contributed by atoms with Crippen LogP contribution in [0.3, 0.4) is 0 Å². The predicted octanol–water partition coefficient (Wildman–Crippen LogP) is 4.23. The fourth-order valence-corrected chi connectivity index (χ4v) is 2.12. The summed E-state index contributed by atoms with van der Waals surface area (Å²) in [4.78, 5) is 12.2. The minimum atomic E-state index is -0.616. The quantitative estimate of drug-likeness (QED) is 0.765. The maximum absolute atomic E-state index is 12.8. The van der Waals surface area contributed by atoms with Gasteiger partial charge in [-0.2, -0.15) is 0 Å². The maximum atomic E-state index is 12.8. The van der Waals surface area contributed by atoms with Gasteiger partial charge < -0.3 is 10.1 Å². The molecule has 0 heterocycles. The number of ether oxygens (including phenoxy) is 1. The summed E-state index contributed by atoms with van der Waals surface area (Å²) in [5.74, 6) is -0.0808. The van der Waals surface area contributed by atoms with Crippen molar-refractivity contribution in [2.45, 2.75) is 19.4 Å². The van der Waals surface area contributed by atoms with Crippen LogP contribution in [0.1, 0.15) is 13.3 Å². The first-order valence-electron chi connectivity index (χ1n) is 6.57. The Kier molecular flexibility index (Phi) is 5.55. The van der Waals surface area contributed by atoms with Crippen LogP contribution < -0.4 is 10.1 Å². The summed E-state index contributed by atoms with van der Waals surface area (Å²) in [5.41, 5.74) is 0.724. The Morgan fingerprint density at radius 3 is 2.38 bits per heavy atom. The summed E-state index contributed by atoms with van der Waals surface area (Å²) in [6.45, 7) is 1.86. The zero-order valence-corrected chi connectivity index (χ0v) is 13.6. The van der Waals surface area contributed by atoms with Crippen LogP contribution in [0, 0.1) is 9.39 Å². The van der Waals surface area contributed by atoms with Gasteiger partial charge in [0.25, 0.3) is 5.91 Å². The highest BCUT2D eigenvalue weighted by molar-refractivity contribution is 14.1. The fourth-order valence-electron chi connectivity index (χ4n) is 1.76. The van der Waals surface area contributed by atoms with Crippen molar-refractivity contribution in [1.29, 1.82) is 0 Å². The van der Waals surface area contributed by atoms with Gasteiger partial charge in [-0.1, -0.05) is 6.92 Å². The van der Waals surface area contributed by atoms with Crippen molar-refractivity contribution in [3.05, 3.63) is 57.9 Å². The molecule has 0 aliphatic heterocycles. The number of amides is 1. The zero-order valence-electron chi connectivity index (χ0n) is 11.5. The molecule has 110 valence electrons. The van der Waals surface area contributed by atoms with Crippen LogP contribution in [-0.2, 0) is 4.79 Å². The minimum Gasteiger partial charge on any atom is -0.481 e.